The highest BCUT2D eigenvalue weighted by Crippen LogP contribution is 2.33. The van der Waals surface area contributed by atoms with Gasteiger partial charge in [-0.25, -0.2) is 27.5 Å². The van der Waals surface area contributed by atoms with Crippen LogP contribution in [0.25, 0.3) is 11.1 Å². The highest BCUT2D eigenvalue weighted by molar-refractivity contribution is 7.91. The van der Waals surface area contributed by atoms with Crippen LogP contribution in [0.15, 0.2) is 71.8 Å². The molecular formula is C29H29F5N8O2S. The number of urea groups is 1. The van der Waals surface area contributed by atoms with Crippen molar-refractivity contribution in [3.05, 3.63) is 84.1 Å². The Morgan fingerprint density at radius 1 is 0.978 bits per heavy atom. The number of carbonyl (C=O) groups is 1. The minimum atomic E-state index is -4.76. The normalized spacial score (nSPS) is 12.8. The number of hydrogen-bond acceptors (Lipinski definition) is 8. The van der Waals surface area contributed by atoms with Crippen molar-refractivity contribution in [3.63, 3.8) is 0 Å². The van der Waals surface area contributed by atoms with Gasteiger partial charge in [-0.3, -0.25) is 0 Å². The van der Waals surface area contributed by atoms with Crippen LogP contribution < -0.4 is 21.3 Å². The summed E-state index contributed by atoms with van der Waals surface area (Å²) in [5.74, 6) is -1.46. The van der Waals surface area contributed by atoms with Crippen LogP contribution in [0, 0.1) is 16.4 Å². The minimum absolute atomic E-state index is 0.174. The molecule has 3 aromatic carbocycles. The number of amides is 2. The highest BCUT2D eigenvalue weighted by Gasteiger charge is 2.31. The van der Waals surface area contributed by atoms with E-state index in [1.165, 1.54) is 24.6 Å². The number of hydrogen-bond donors (Lipinski definition) is 5. The van der Waals surface area contributed by atoms with Crippen LogP contribution in [0.2, 0.25) is 0 Å². The summed E-state index contributed by atoms with van der Waals surface area (Å²) in [5, 5.41) is 10.3. The Labute approximate surface area is 256 Å². The van der Waals surface area contributed by atoms with Gasteiger partial charge in [0, 0.05) is 41.7 Å². The first-order valence-corrected chi connectivity index (χ1v) is 15.2. The maximum absolute atomic E-state index is 15.1. The van der Waals surface area contributed by atoms with Gasteiger partial charge in [0.25, 0.3) is 0 Å². The summed E-state index contributed by atoms with van der Waals surface area (Å²) >= 11 is 0. The molecule has 1 heterocycles. The number of nitrogens with one attached hydrogen (secondary N) is 5. The van der Waals surface area contributed by atoms with Crippen LogP contribution >= 0.6 is 0 Å². The lowest BCUT2D eigenvalue weighted by molar-refractivity contribution is -0.137. The molecule has 0 saturated heterocycles. The number of benzene rings is 3. The zero-order chi connectivity index (χ0) is 32.9. The number of likely N-dealkylation sites (N-methyl/N-ethyl adjacent to an activating group) is 1. The van der Waals surface area contributed by atoms with Gasteiger partial charge >= 0.3 is 12.2 Å². The predicted octanol–water partition coefficient (Wildman–Crippen LogP) is 6.84. The molecule has 1 aromatic heterocycles. The van der Waals surface area contributed by atoms with Gasteiger partial charge in [0.1, 0.15) is 17.5 Å². The Balaban J connectivity index is 1.56. The molecule has 45 heavy (non-hydrogen) atoms. The van der Waals surface area contributed by atoms with Crippen LogP contribution in [-0.4, -0.2) is 58.5 Å². The largest absolute Gasteiger partial charge is 0.416 e. The van der Waals surface area contributed by atoms with Crippen molar-refractivity contribution < 1.29 is 31.0 Å². The van der Waals surface area contributed by atoms with E-state index < -0.39 is 44.8 Å². The van der Waals surface area contributed by atoms with Crippen molar-refractivity contribution in [1.82, 2.24) is 14.9 Å². The third-order valence-electron chi connectivity index (χ3n) is 6.25. The van der Waals surface area contributed by atoms with E-state index >= 15 is 4.39 Å². The molecule has 10 nitrogen and oxygen atoms in total. The Morgan fingerprint density at radius 3 is 2.38 bits per heavy atom. The van der Waals surface area contributed by atoms with E-state index in [-0.39, 0.29) is 11.6 Å². The molecule has 0 bridgehead atoms. The van der Waals surface area contributed by atoms with Crippen molar-refractivity contribution in [3.8, 4) is 11.1 Å². The number of carbonyl (C=O) groups excluding carboxylic acids is 1. The van der Waals surface area contributed by atoms with Crippen LogP contribution in [0.3, 0.4) is 0 Å². The van der Waals surface area contributed by atoms with Crippen LogP contribution in [-0.2, 0) is 15.9 Å². The lowest BCUT2D eigenvalue weighted by Crippen LogP contribution is -2.21. The van der Waals surface area contributed by atoms with E-state index in [0.29, 0.717) is 58.8 Å². The number of aromatic nitrogens is 2. The number of halogens is 5. The van der Waals surface area contributed by atoms with Gasteiger partial charge in [0.15, 0.2) is 0 Å². The van der Waals surface area contributed by atoms with Crippen molar-refractivity contribution in [2.45, 2.75) is 11.1 Å². The van der Waals surface area contributed by atoms with E-state index in [4.69, 9.17) is 4.78 Å². The second kappa shape index (κ2) is 13.4. The Morgan fingerprint density at radius 2 is 1.71 bits per heavy atom. The van der Waals surface area contributed by atoms with Gasteiger partial charge in [0.2, 0.25) is 5.95 Å². The monoisotopic (exact) mass is 648 g/mol. The summed E-state index contributed by atoms with van der Waals surface area (Å²) < 4.78 is 88.1. The Bertz CT molecular complexity index is 1820. The minimum Gasteiger partial charge on any atom is -0.368 e. The second-order valence-corrected chi connectivity index (χ2v) is 12.3. The fourth-order valence-electron chi connectivity index (χ4n) is 3.99. The van der Waals surface area contributed by atoms with Crippen LogP contribution in [0.1, 0.15) is 5.56 Å². The van der Waals surface area contributed by atoms with E-state index in [1.54, 1.807) is 24.3 Å². The van der Waals surface area contributed by atoms with E-state index in [1.807, 2.05) is 24.3 Å². The standard InChI is InChI=1S/C29H29F5N8O2S/c1-42(2)12-11-36-26-21(16-37-27(41-26)38-19-5-4-6-20(15-19)45(3,35)44)17-7-10-24(23(31)13-17)39-28(43)40-25-14-18(29(32,33)34)8-9-22(25)30/h4-10,13-16,35H,11-12H2,1-3H3,(H2,39,40,43)(H2,36,37,38,41)/t45-/m0/s1. The fraction of sp³-hybridized carbons (Fsp3) is 0.207. The molecule has 0 saturated carbocycles. The van der Waals surface area contributed by atoms with Crippen molar-refractivity contribution in [2.75, 3.05) is 54.7 Å². The quantitative estimate of drug-likeness (QED) is 0.119. The molecule has 16 heteroatoms. The molecule has 0 aliphatic rings. The lowest BCUT2D eigenvalue weighted by atomic mass is 10.1. The summed E-state index contributed by atoms with van der Waals surface area (Å²) in [5.41, 5.74) is -0.952. The van der Waals surface area contributed by atoms with Crippen molar-refractivity contribution in [1.29, 1.82) is 4.78 Å². The fourth-order valence-corrected chi connectivity index (χ4v) is 4.68. The highest BCUT2D eigenvalue weighted by atomic mass is 32.2. The topological polar surface area (TPSA) is 135 Å². The third kappa shape index (κ3) is 8.86. The summed E-state index contributed by atoms with van der Waals surface area (Å²) in [7, 11) is 0.826. The van der Waals surface area contributed by atoms with Crippen molar-refractivity contribution in [2.24, 2.45) is 0 Å². The lowest BCUT2D eigenvalue weighted by Gasteiger charge is -2.16. The third-order valence-corrected chi connectivity index (χ3v) is 7.40. The molecule has 0 fully saturated rings. The number of anilines is 5. The molecule has 0 spiro atoms. The first-order chi connectivity index (χ1) is 21.1. The molecule has 238 valence electrons. The Hall–Kier alpha value is -4.83. The molecule has 0 unspecified atom stereocenters. The van der Waals surface area contributed by atoms with Crippen molar-refractivity contribution >= 4 is 44.6 Å². The molecule has 0 aliphatic carbocycles. The average Bonchev–Trinajstić information content (AvgIpc) is 2.94. The van der Waals surface area contributed by atoms with Crippen LogP contribution in [0.4, 0.5) is 55.6 Å². The van der Waals surface area contributed by atoms with Gasteiger partial charge < -0.3 is 26.2 Å². The van der Waals surface area contributed by atoms with E-state index in [9.17, 15) is 26.6 Å². The molecular weight excluding hydrogens is 619 g/mol. The van der Waals surface area contributed by atoms with Gasteiger partial charge in [-0.05, 0) is 68.2 Å². The zero-order valence-corrected chi connectivity index (χ0v) is 25.0. The summed E-state index contributed by atoms with van der Waals surface area (Å²) in [6.07, 6.45) is -1.99. The molecule has 4 rings (SSSR count). The van der Waals surface area contributed by atoms with E-state index in [0.717, 1.165) is 6.07 Å². The predicted molar refractivity (Wildman–Crippen MR) is 163 cm³/mol. The first-order valence-electron chi connectivity index (χ1n) is 13.2. The van der Waals surface area contributed by atoms with E-state index in [2.05, 4.69) is 25.9 Å². The summed E-state index contributed by atoms with van der Waals surface area (Å²) in [4.78, 5) is 23.5. The number of rotatable bonds is 10. The van der Waals surface area contributed by atoms with Gasteiger partial charge in [-0.2, -0.15) is 18.2 Å². The molecule has 5 N–H and O–H groups in total. The summed E-state index contributed by atoms with van der Waals surface area (Å²) in [6.45, 7) is 1.11. The number of nitrogens with zero attached hydrogens (tertiary/aromatic N) is 3. The molecule has 1 atom stereocenters. The smallest absolute Gasteiger partial charge is 0.368 e. The maximum atomic E-state index is 15.1. The molecule has 2 amide bonds. The summed E-state index contributed by atoms with van der Waals surface area (Å²) in [6, 6.07) is 10.7. The average molecular weight is 649 g/mol. The van der Waals surface area contributed by atoms with Gasteiger partial charge in [-0.15, -0.1) is 0 Å². The molecule has 0 aliphatic heterocycles. The number of alkyl halides is 3. The maximum Gasteiger partial charge on any atom is 0.416 e. The van der Waals surface area contributed by atoms with Gasteiger partial charge in [-0.1, -0.05) is 12.1 Å². The van der Waals surface area contributed by atoms with Crippen LogP contribution in [0.5, 0.6) is 0 Å². The SMILES string of the molecule is CN(C)CCNc1nc(Nc2cccc([S@@](C)(=N)=O)c2)ncc1-c1ccc(NC(=O)Nc2cc(C(F)(F)F)ccc2F)c(F)c1. The molecule has 4 aromatic rings. The zero-order valence-electron chi connectivity index (χ0n) is 24.2. The first kappa shape index (κ1) is 33.1. The molecule has 0 radical (unpaired) electrons. The second-order valence-electron chi connectivity index (χ2n) is 10.1. The van der Waals surface area contributed by atoms with Gasteiger partial charge in [0.05, 0.1) is 26.7 Å². The Kier molecular flexibility index (Phi) is 9.87.